The van der Waals surface area contributed by atoms with Crippen LogP contribution in [-0.2, 0) is 23.8 Å². The molecule has 6 heteroatoms. The van der Waals surface area contributed by atoms with E-state index in [2.05, 4.69) is 26.0 Å². The van der Waals surface area contributed by atoms with Crippen LogP contribution in [0.1, 0.15) is 65.7 Å². The van der Waals surface area contributed by atoms with Gasteiger partial charge in [-0.15, -0.1) is 0 Å². The van der Waals surface area contributed by atoms with Crippen molar-refractivity contribution in [2.24, 2.45) is 22.7 Å². The Bertz CT molecular complexity index is 867. The van der Waals surface area contributed by atoms with Gasteiger partial charge < -0.3 is 19.3 Å². The first-order valence-corrected chi connectivity index (χ1v) is 11.7. The number of rotatable bonds is 3. The summed E-state index contributed by atoms with van der Waals surface area (Å²) < 4.78 is 17.0. The van der Waals surface area contributed by atoms with Gasteiger partial charge in [-0.3, -0.25) is 9.59 Å². The van der Waals surface area contributed by atoms with E-state index in [4.69, 9.17) is 14.2 Å². The summed E-state index contributed by atoms with van der Waals surface area (Å²) in [5.74, 6) is -0.715. The van der Waals surface area contributed by atoms with Crippen molar-refractivity contribution in [1.82, 2.24) is 0 Å². The molecule has 1 saturated heterocycles. The van der Waals surface area contributed by atoms with E-state index in [0.29, 0.717) is 32.0 Å². The fourth-order valence-corrected chi connectivity index (χ4v) is 7.42. The summed E-state index contributed by atoms with van der Waals surface area (Å²) >= 11 is 0. The van der Waals surface area contributed by atoms with Gasteiger partial charge >= 0.3 is 5.97 Å². The zero-order valence-corrected chi connectivity index (χ0v) is 18.9. The molecule has 1 heterocycles. The molecule has 4 aliphatic carbocycles. The molecule has 0 amide bonds. The highest BCUT2D eigenvalue weighted by molar-refractivity contribution is 5.91. The number of hydrogen-bond acceptors (Lipinski definition) is 6. The maximum atomic E-state index is 12.9. The average Bonchev–Trinajstić information content (AvgIpc) is 3.30. The molecule has 1 aliphatic heterocycles. The van der Waals surface area contributed by atoms with Crippen LogP contribution in [0.2, 0.25) is 0 Å². The van der Waals surface area contributed by atoms with Gasteiger partial charge in [0.05, 0.1) is 13.2 Å². The number of ketones is 1. The summed E-state index contributed by atoms with van der Waals surface area (Å²) in [4.78, 5) is 24.1. The van der Waals surface area contributed by atoms with Gasteiger partial charge in [0.2, 0.25) is 5.78 Å². The molecule has 0 aromatic heterocycles. The highest BCUT2D eigenvalue weighted by Gasteiger charge is 2.64. The number of ether oxygens (including phenoxy) is 3. The highest BCUT2D eigenvalue weighted by Crippen LogP contribution is 2.66. The Balaban J connectivity index is 1.42. The normalized spacial score (nSPS) is 42.8. The van der Waals surface area contributed by atoms with Gasteiger partial charge in [-0.1, -0.05) is 37.1 Å². The molecule has 5 rings (SSSR count). The molecule has 0 aromatic carbocycles. The minimum Gasteiger partial charge on any atom is -0.458 e. The van der Waals surface area contributed by atoms with Crippen molar-refractivity contribution in [3.63, 3.8) is 0 Å². The van der Waals surface area contributed by atoms with Crippen molar-refractivity contribution >= 4 is 11.8 Å². The maximum Gasteiger partial charge on any atom is 0.303 e. The number of carbonyl (C=O) groups is 2. The Kier molecular flexibility index (Phi) is 4.82. The van der Waals surface area contributed by atoms with Gasteiger partial charge in [0.25, 0.3) is 0 Å². The topological polar surface area (TPSA) is 82.1 Å². The van der Waals surface area contributed by atoms with E-state index in [1.165, 1.54) is 18.1 Å². The molecular formula is C25H34O6. The van der Waals surface area contributed by atoms with E-state index in [0.717, 1.165) is 32.1 Å². The number of aliphatic hydroxyl groups is 1. The van der Waals surface area contributed by atoms with E-state index in [9.17, 15) is 14.7 Å². The number of Topliss-reactive ketones (excluding diaryl/α,β-unsaturated/α-hetero) is 1. The molecule has 5 atom stereocenters. The van der Waals surface area contributed by atoms with Crippen LogP contribution in [0, 0.1) is 22.7 Å². The molecular weight excluding hydrogens is 396 g/mol. The third-order valence-corrected chi connectivity index (χ3v) is 9.32. The first-order valence-electron chi connectivity index (χ1n) is 11.7. The second-order valence-electron chi connectivity index (χ2n) is 10.7. The van der Waals surface area contributed by atoms with E-state index in [-0.39, 0.29) is 23.7 Å². The van der Waals surface area contributed by atoms with Crippen LogP contribution >= 0.6 is 0 Å². The number of esters is 1. The van der Waals surface area contributed by atoms with Gasteiger partial charge in [0.15, 0.2) is 12.4 Å². The van der Waals surface area contributed by atoms with Crippen LogP contribution in [0.15, 0.2) is 23.3 Å². The van der Waals surface area contributed by atoms with Crippen LogP contribution in [0.25, 0.3) is 0 Å². The SMILES string of the molecule is CC(=O)OCC(=O)[C@@]1(O)CC[C@H]2[C@@H]3CC=C4CC5(CC[C@]4(C)C3=CC[C@@]21C)OCCO5. The van der Waals surface area contributed by atoms with Crippen molar-refractivity contribution in [1.29, 1.82) is 0 Å². The van der Waals surface area contributed by atoms with Crippen LogP contribution in [0.3, 0.4) is 0 Å². The largest absolute Gasteiger partial charge is 0.458 e. The Morgan fingerprint density at radius 3 is 2.61 bits per heavy atom. The Labute approximate surface area is 184 Å². The molecule has 0 aromatic rings. The summed E-state index contributed by atoms with van der Waals surface area (Å²) in [5, 5.41) is 11.5. The molecule has 1 spiro atoms. The predicted molar refractivity (Wildman–Crippen MR) is 113 cm³/mol. The molecule has 31 heavy (non-hydrogen) atoms. The van der Waals surface area contributed by atoms with Crippen LogP contribution in [0.4, 0.5) is 0 Å². The summed E-state index contributed by atoms with van der Waals surface area (Å²) in [6, 6.07) is 0. The summed E-state index contributed by atoms with van der Waals surface area (Å²) in [5.41, 5.74) is 0.936. The minimum absolute atomic E-state index is 0.00720. The summed E-state index contributed by atoms with van der Waals surface area (Å²) in [6.45, 7) is 6.70. The zero-order valence-electron chi connectivity index (χ0n) is 18.9. The number of hydrogen-bond donors (Lipinski definition) is 1. The molecule has 6 nitrogen and oxygen atoms in total. The van der Waals surface area contributed by atoms with Gasteiger partial charge in [-0.25, -0.2) is 0 Å². The lowest BCUT2D eigenvalue weighted by atomic mass is 9.51. The minimum atomic E-state index is -1.44. The first-order chi connectivity index (χ1) is 14.6. The monoisotopic (exact) mass is 430 g/mol. The summed E-state index contributed by atoms with van der Waals surface area (Å²) in [6.07, 6.45) is 10.3. The first kappa shape index (κ1) is 21.4. The van der Waals surface area contributed by atoms with Crippen LogP contribution < -0.4 is 0 Å². The molecule has 0 unspecified atom stereocenters. The number of fused-ring (bicyclic) bond motifs is 5. The zero-order chi connectivity index (χ0) is 22.1. The molecule has 0 radical (unpaired) electrons. The van der Waals surface area contributed by atoms with E-state index in [1.54, 1.807) is 0 Å². The van der Waals surface area contributed by atoms with Gasteiger partial charge in [0, 0.05) is 30.6 Å². The number of carbonyl (C=O) groups excluding carboxylic acids is 2. The lowest BCUT2D eigenvalue weighted by Crippen LogP contribution is -2.56. The smallest absolute Gasteiger partial charge is 0.303 e. The van der Waals surface area contributed by atoms with Crippen molar-refractivity contribution in [3.05, 3.63) is 23.3 Å². The van der Waals surface area contributed by atoms with E-state index < -0.39 is 22.8 Å². The second kappa shape index (κ2) is 7.00. The molecule has 170 valence electrons. The Morgan fingerprint density at radius 2 is 1.90 bits per heavy atom. The molecule has 0 bridgehead atoms. The Morgan fingerprint density at radius 1 is 1.16 bits per heavy atom. The lowest BCUT2D eigenvalue weighted by Gasteiger charge is -2.55. The maximum absolute atomic E-state index is 12.9. The van der Waals surface area contributed by atoms with Gasteiger partial charge in [-0.2, -0.15) is 0 Å². The average molecular weight is 431 g/mol. The van der Waals surface area contributed by atoms with Crippen molar-refractivity contribution in [2.75, 3.05) is 19.8 Å². The van der Waals surface area contributed by atoms with Crippen LogP contribution in [0.5, 0.6) is 0 Å². The second-order valence-corrected chi connectivity index (χ2v) is 10.7. The third kappa shape index (κ3) is 2.94. The van der Waals surface area contributed by atoms with Crippen molar-refractivity contribution in [3.8, 4) is 0 Å². The van der Waals surface area contributed by atoms with Crippen molar-refractivity contribution in [2.45, 2.75) is 77.1 Å². The number of allylic oxidation sites excluding steroid dienone is 3. The highest BCUT2D eigenvalue weighted by atomic mass is 16.7. The van der Waals surface area contributed by atoms with E-state index >= 15 is 0 Å². The lowest BCUT2D eigenvalue weighted by molar-refractivity contribution is -0.176. The standard InChI is InChI=1S/C25H34O6/c1-16(26)29-15-21(27)25(28)9-7-20-18-5-4-17-14-24(30-12-13-31-24)11-10-22(17,2)19(18)6-8-23(20,25)3/h4,6,18,20,28H,5,7-15H2,1-3H3/t18-,20+,22+,23+,25+/m1/s1. The summed E-state index contributed by atoms with van der Waals surface area (Å²) in [7, 11) is 0. The molecule has 5 aliphatic rings. The van der Waals surface area contributed by atoms with Gasteiger partial charge in [-0.05, 0) is 43.9 Å². The third-order valence-electron chi connectivity index (χ3n) is 9.32. The van der Waals surface area contributed by atoms with Crippen LogP contribution in [-0.4, -0.2) is 48.1 Å². The molecule has 2 saturated carbocycles. The predicted octanol–water partition coefficient (Wildman–Crippen LogP) is 3.48. The van der Waals surface area contributed by atoms with Gasteiger partial charge in [0.1, 0.15) is 5.60 Å². The molecule has 1 N–H and O–H groups in total. The molecule has 3 fully saturated rings. The Hall–Kier alpha value is -1.50. The van der Waals surface area contributed by atoms with Crippen molar-refractivity contribution < 1.29 is 28.9 Å². The van der Waals surface area contributed by atoms with E-state index in [1.807, 2.05) is 0 Å². The quantitative estimate of drug-likeness (QED) is 0.545. The fourth-order valence-electron chi connectivity index (χ4n) is 7.42. The fraction of sp³-hybridized carbons (Fsp3) is 0.760.